The molecule has 9 heteroatoms. The van der Waals surface area contributed by atoms with Crippen molar-refractivity contribution in [2.24, 2.45) is 0 Å². The molecule has 3 atom stereocenters. The number of hydrogen-bond donors (Lipinski definition) is 2. The molecule has 9 nitrogen and oxygen atoms in total. The SMILES string of the molecule is COCCNC(=O)N1[C@@H]2CC[C@H]1C[C@@H](c1nc3c(-c4ccc(-c5ccccc5)nc4)cnn3c(N)c1C1CC1)C2. The van der Waals surface area contributed by atoms with E-state index in [0.717, 1.165) is 72.3 Å². The first-order chi connectivity index (χ1) is 19.6. The molecule has 2 saturated heterocycles. The van der Waals surface area contributed by atoms with Crippen molar-refractivity contribution in [3.05, 3.63) is 66.1 Å². The highest BCUT2D eigenvalue weighted by molar-refractivity contribution is 5.79. The van der Waals surface area contributed by atoms with Crippen molar-refractivity contribution in [1.29, 1.82) is 0 Å². The number of hydrogen-bond acceptors (Lipinski definition) is 6. The summed E-state index contributed by atoms with van der Waals surface area (Å²) in [5.41, 5.74) is 13.8. The van der Waals surface area contributed by atoms with Crippen molar-refractivity contribution in [3.8, 4) is 22.4 Å². The van der Waals surface area contributed by atoms with E-state index in [4.69, 9.17) is 20.4 Å². The van der Waals surface area contributed by atoms with Crippen LogP contribution in [0.15, 0.2) is 54.9 Å². The summed E-state index contributed by atoms with van der Waals surface area (Å²) in [6.45, 7) is 1.05. The molecule has 3 aliphatic rings. The van der Waals surface area contributed by atoms with Crippen LogP contribution in [0.3, 0.4) is 0 Å². The second-order valence-electron chi connectivity index (χ2n) is 11.3. The standard InChI is InChI=1S/C31H35N7O2/c1-40-14-13-33-31(39)37-23-10-11-24(37)16-22(15-23)28-27(20-7-8-20)29(32)38-30(36-28)25(18-35-38)21-9-12-26(34-17-21)19-5-3-2-4-6-19/h2-6,9,12,17-18,20,22-24H,7-8,10-11,13-16,32H2,1H3,(H,33,39)/t22-,23+,24-. The summed E-state index contributed by atoms with van der Waals surface area (Å²) in [6, 6.07) is 14.8. The fourth-order valence-corrected chi connectivity index (χ4v) is 6.77. The average Bonchev–Trinajstić information content (AvgIpc) is 3.67. The highest BCUT2D eigenvalue weighted by Gasteiger charge is 2.45. The van der Waals surface area contributed by atoms with Gasteiger partial charge in [-0.15, -0.1) is 0 Å². The minimum atomic E-state index is 0.0258. The lowest BCUT2D eigenvalue weighted by Crippen LogP contribution is -2.51. The summed E-state index contributed by atoms with van der Waals surface area (Å²) in [6.07, 6.45) is 9.91. The quantitative estimate of drug-likeness (QED) is 0.322. The number of nitrogens with zero attached hydrogens (tertiary/aromatic N) is 5. The third kappa shape index (κ3) is 4.38. The van der Waals surface area contributed by atoms with Gasteiger partial charge in [0.05, 0.1) is 24.2 Å². The first kappa shape index (κ1) is 25.0. The van der Waals surface area contributed by atoms with Crippen LogP contribution in [-0.2, 0) is 4.74 Å². The van der Waals surface area contributed by atoms with Gasteiger partial charge in [-0.3, -0.25) is 4.98 Å². The molecule has 3 fully saturated rings. The zero-order chi connectivity index (χ0) is 27.2. The summed E-state index contributed by atoms with van der Waals surface area (Å²) >= 11 is 0. The zero-order valence-electron chi connectivity index (χ0n) is 22.8. The number of pyridine rings is 1. The van der Waals surface area contributed by atoms with E-state index in [1.807, 2.05) is 41.2 Å². The Balaban J connectivity index is 1.22. The van der Waals surface area contributed by atoms with Crippen LogP contribution in [-0.4, -0.2) is 62.9 Å². The fraction of sp³-hybridized carbons (Fsp3) is 0.419. The van der Waals surface area contributed by atoms with Crippen molar-refractivity contribution in [2.75, 3.05) is 26.0 Å². The number of anilines is 1. The van der Waals surface area contributed by atoms with E-state index in [1.54, 1.807) is 7.11 Å². The highest BCUT2D eigenvalue weighted by atomic mass is 16.5. The number of fused-ring (bicyclic) bond motifs is 3. The van der Waals surface area contributed by atoms with Crippen LogP contribution in [0.1, 0.15) is 61.6 Å². The molecule has 5 heterocycles. The Kier molecular flexibility index (Phi) is 6.38. The van der Waals surface area contributed by atoms with Crippen LogP contribution in [0.4, 0.5) is 10.6 Å². The monoisotopic (exact) mass is 537 g/mol. The number of carbonyl (C=O) groups excluding carboxylic acids is 1. The van der Waals surface area contributed by atoms with Gasteiger partial charge in [0.15, 0.2) is 5.65 Å². The lowest BCUT2D eigenvalue weighted by molar-refractivity contribution is 0.133. The average molecular weight is 538 g/mol. The summed E-state index contributed by atoms with van der Waals surface area (Å²) < 4.78 is 6.92. The Morgan fingerprint density at radius 2 is 1.77 bits per heavy atom. The van der Waals surface area contributed by atoms with Crippen LogP contribution in [0.5, 0.6) is 0 Å². The minimum absolute atomic E-state index is 0.0258. The van der Waals surface area contributed by atoms with E-state index in [0.29, 0.717) is 24.9 Å². The molecule has 40 heavy (non-hydrogen) atoms. The van der Waals surface area contributed by atoms with E-state index in [1.165, 1.54) is 5.56 Å². The number of carbonyl (C=O) groups is 1. The number of nitrogens with two attached hydrogens (primary N) is 1. The molecular formula is C31H35N7O2. The maximum Gasteiger partial charge on any atom is 0.317 e. The first-order valence-electron chi connectivity index (χ1n) is 14.4. The number of nitrogen functional groups attached to an aromatic ring is 1. The van der Waals surface area contributed by atoms with Crippen molar-refractivity contribution >= 4 is 17.5 Å². The van der Waals surface area contributed by atoms with E-state index in [9.17, 15) is 4.79 Å². The number of piperidine rings is 1. The second-order valence-corrected chi connectivity index (χ2v) is 11.3. The Labute approximate surface area is 233 Å². The molecule has 1 aliphatic carbocycles. The molecule has 206 valence electrons. The number of methoxy groups -OCH3 is 1. The molecule has 2 bridgehead atoms. The van der Waals surface area contributed by atoms with E-state index in [2.05, 4.69) is 33.5 Å². The number of ether oxygens (including phenoxy) is 1. The van der Waals surface area contributed by atoms with Crippen LogP contribution >= 0.6 is 0 Å². The maximum atomic E-state index is 13.0. The molecule has 4 aromatic rings. The lowest BCUT2D eigenvalue weighted by Gasteiger charge is -2.39. The summed E-state index contributed by atoms with van der Waals surface area (Å²) in [4.78, 5) is 25.1. The van der Waals surface area contributed by atoms with Crippen molar-refractivity contribution in [3.63, 3.8) is 0 Å². The molecule has 1 aromatic carbocycles. The van der Waals surface area contributed by atoms with Crippen LogP contribution in [0.2, 0.25) is 0 Å². The molecule has 3 N–H and O–H groups in total. The topological polar surface area (TPSA) is 111 Å². The second kappa shape index (κ2) is 10.2. The van der Waals surface area contributed by atoms with Gasteiger partial charge in [0.25, 0.3) is 0 Å². The van der Waals surface area contributed by atoms with Gasteiger partial charge in [-0.1, -0.05) is 36.4 Å². The van der Waals surface area contributed by atoms with Gasteiger partial charge in [-0.25, -0.2) is 9.78 Å². The Morgan fingerprint density at radius 1 is 1.00 bits per heavy atom. The molecule has 0 spiro atoms. The number of nitrogens with one attached hydrogen (secondary N) is 1. The molecular weight excluding hydrogens is 502 g/mol. The third-order valence-electron chi connectivity index (χ3n) is 8.82. The molecule has 2 aliphatic heterocycles. The van der Waals surface area contributed by atoms with Crippen LogP contribution in [0.25, 0.3) is 28.0 Å². The Bertz CT molecular complexity index is 1520. The smallest absolute Gasteiger partial charge is 0.317 e. The van der Waals surface area contributed by atoms with Crippen molar-refractivity contribution in [1.82, 2.24) is 29.8 Å². The maximum absolute atomic E-state index is 13.0. The van der Waals surface area contributed by atoms with Gasteiger partial charge >= 0.3 is 6.03 Å². The summed E-state index contributed by atoms with van der Waals surface area (Å²) in [7, 11) is 1.65. The number of rotatable bonds is 7. The largest absolute Gasteiger partial charge is 0.383 e. The summed E-state index contributed by atoms with van der Waals surface area (Å²) in [5, 5.41) is 7.70. The Morgan fingerprint density at radius 3 is 2.45 bits per heavy atom. The number of benzene rings is 1. The van der Waals surface area contributed by atoms with Gasteiger partial charge in [-0.2, -0.15) is 9.61 Å². The highest BCUT2D eigenvalue weighted by Crippen LogP contribution is 2.50. The van der Waals surface area contributed by atoms with Gasteiger partial charge < -0.3 is 20.7 Å². The molecule has 0 radical (unpaired) electrons. The van der Waals surface area contributed by atoms with Gasteiger partial charge in [0, 0.05) is 60.1 Å². The van der Waals surface area contributed by atoms with Crippen molar-refractivity contribution in [2.45, 2.75) is 62.4 Å². The van der Waals surface area contributed by atoms with Gasteiger partial charge in [0.1, 0.15) is 5.82 Å². The van der Waals surface area contributed by atoms with Crippen LogP contribution in [0, 0.1) is 0 Å². The lowest BCUT2D eigenvalue weighted by atomic mass is 9.85. The predicted octanol–water partition coefficient (Wildman–Crippen LogP) is 4.98. The Hall–Kier alpha value is -3.98. The van der Waals surface area contributed by atoms with E-state index in [-0.39, 0.29) is 24.0 Å². The minimum Gasteiger partial charge on any atom is -0.383 e. The normalized spacial score (nSPS) is 22.1. The summed E-state index contributed by atoms with van der Waals surface area (Å²) in [5.74, 6) is 1.42. The first-order valence-corrected chi connectivity index (χ1v) is 14.4. The third-order valence-corrected chi connectivity index (χ3v) is 8.82. The van der Waals surface area contributed by atoms with Crippen LogP contribution < -0.4 is 11.1 Å². The van der Waals surface area contributed by atoms with E-state index >= 15 is 0 Å². The fourth-order valence-electron chi connectivity index (χ4n) is 6.77. The molecule has 0 unspecified atom stereocenters. The molecule has 7 rings (SSSR count). The number of amides is 2. The molecule has 2 amide bonds. The van der Waals surface area contributed by atoms with E-state index < -0.39 is 0 Å². The van der Waals surface area contributed by atoms with Crippen molar-refractivity contribution < 1.29 is 9.53 Å². The predicted molar refractivity (Wildman–Crippen MR) is 154 cm³/mol. The zero-order valence-corrected chi connectivity index (χ0v) is 22.8. The molecule has 1 saturated carbocycles. The number of aromatic nitrogens is 4. The van der Waals surface area contributed by atoms with Gasteiger partial charge in [0.2, 0.25) is 0 Å². The van der Waals surface area contributed by atoms with Gasteiger partial charge in [-0.05, 0) is 50.5 Å². The molecule has 3 aromatic heterocycles. The number of urea groups is 1.